The van der Waals surface area contributed by atoms with E-state index in [-0.39, 0.29) is 6.42 Å². The molecule has 0 rings (SSSR count). The van der Waals surface area contributed by atoms with E-state index in [1.54, 1.807) is 0 Å². The largest absolute Gasteiger partial charge is 0.481 e. The highest BCUT2D eigenvalue weighted by Crippen LogP contribution is 2.02. The van der Waals surface area contributed by atoms with Crippen molar-refractivity contribution in [2.75, 3.05) is 39.8 Å². The minimum absolute atomic E-state index is 0.177. The Hall–Kier alpha value is -0.650. The molecular formula is C8H20N3O2+. The molecule has 0 aliphatic carbocycles. The molecule has 0 amide bonds. The summed E-state index contributed by atoms with van der Waals surface area (Å²) in [6.45, 7) is 3.30. The number of hydrogen-bond acceptors (Lipinski definition) is 3. The van der Waals surface area contributed by atoms with Crippen molar-refractivity contribution in [1.82, 2.24) is 0 Å². The maximum Gasteiger partial charge on any atom is 0.309 e. The zero-order chi connectivity index (χ0) is 10.3. The molecule has 0 unspecified atom stereocenters. The van der Waals surface area contributed by atoms with E-state index in [2.05, 4.69) is 0 Å². The first-order chi connectivity index (χ1) is 6.04. The topological polar surface area (TPSA) is 89.3 Å². The van der Waals surface area contributed by atoms with E-state index in [9.17, 15) is 4.79 Å². The van der Waals surface area contributed by atoms with Crippen molar-refractivity contribution in [3.8, 4) is 0 Å². The standard InChI is InChI=1S/C8H19N3O2/c1-11(6-3-9,7-4-10)5-2-8(12)13/h2-7,9-10H2,1H3/p+1. The highest BCUT2D eigenvalue weighted by atomic mass is 16.4. The third-order valence-corrected chi connectivity index (χ3v) is 2.20. The third-order valence-electron chi connectivity index (χ3n) is 2.20. The smallest absolute Gasteiger partial charge is 0.309 e. The van der Waals surface area contributed by atoms with Gasteiger partial charge in [0.1, 0.15) is 0 Å². The number of carbonyl (C=O) groups is 1. The lowest BCUT2D eigenvalue weighted by atomic mass is 10.3. The zero-order valence-electron chi connectivity index (χ0n) is 8.20. The number of quaternary nitrogens is 1. The molecular weight excluding hydrogens is 170 g/mol. The molecule has 0 atom stereocenters. The molecule has 0 aromatic heterocycles. The zero-order valence-corrected chi connectivity index (χ0v) is 8.20. The molecule has 0 bridgehead atoms. The summed E-state index contributed by atoms with van der Waals surface area (Å²) in [4.78, 5) is 10.4. The van der Waals surface area contributed by atoms with E-state index < -0.39 is 5.97 Å². The molecule has 5 N–H and O–H groups in total. The number of rotatable bonds is 7. The average molecular weight is 190 g/mol. The van der Waals surface area contributed by atoms with Gasteiger partial charge >= 0.3 is 5.97 Å². The maximum atomic E-state index is 10.4. The first-order valence-corrected chi connectivity index (χ1v) is 4.49. The van der Waals surface area contributed by atoms with Gasteiger partial charge in [0, 0.05) is 13.1 Å². The van der Waals surface area contributed by atoms with Gasteiger partial charge in [-0.2, -0.15) is 0 Å². The monoisotopic (exact) mass is 190 g/mol. The lowest BCUT2D eigenvalue weighted by molar-refractivity contribution is -0.906. The van der Waals surface area contributed by atoms with Crippen molar-refractivity contribution in [3.05, 3.63) is 0 Å². The molecule has 5 nitrogen and oxygen atoms in total. The van der Waals surface area contributed by atoms with Gasteiger partial charge in [-0.15, -0.1) is 0 Å². The van der Waals surface area contributed by atoms with Crippen molar-refractivity contribution in [2.24, 2.45) is 11.5 Å². The van der Waals surface area contributed by atoms with Crippen LogP contribution in [-0.4, -0.2) is 55.3 Å². The number of likely N-dealkylation sites (N-methyl/N-ethyl adjacent to an activating group) is 1. The fraction of sp³-hybridized carbons (Fsp3) is 0.875. The number of nitrogens with two attached hydrogens (primary N) is 2. The van der Waals surface area contributed by atoms with Crippen LogP contribution < -0.4 is 11.5 Å². The van der Waals surface area contributed by atoms with Crippen LogP contribution >= 0.6 is 0 Å². The molecule has 0 aromatic carbocycles. The quantitative estimate of drug-likeness (QED) is 0.441. The van der Waals surface area contributed by atoms with Gasteiger partial charge in [0.2, 0.25) is 0 Å². The van der Waals surface area contributed by atoms with Gasteiger partial charge in [-0.05, 0) is 0 Å². The molecule has 13 heavy (non-hydrogen) atoms. The van der Waals surface area contributed by atoms with Crippen LogP contribution in [0.2, 0.25) is 0 Å². The van der Waals surface area contributed by atoms with Crippen LogP contribution in [-0.2, 0) is 4.79 Å². The molecule has 0 aliphatic rings. The molecule has 0 fully saturated rings. The van der Waals surface area contributed by atoms with E-state index in [1.165, 1.54) is 0 Å². The Labute approximate surface area is 78.9 Å². The van der Waals surface area contributed by atoms with Crippen LogP contribution in [0.25, 0.3) is 0 Å². The predicted molar refractivity (Wildman–Crippen MR) is 51.1 cm³/mol. The highest BCUT2D eigenvalue weighted by Gasteiger charge is 2.20. The maximum absolute atomic E-state index is 10.4. The second-order valence-corrected chi connectivity index (χ2v) is 3.51. The fourth-order valence-corrected chi connectivity index (χ4v) is 1.32. The molecule has 0 spiro atoms. The summed E-state index contributed by atoms with van der Waals surface area (Å²) in [5.74, 6) is -0.765. The lowest BCUT2D eigenvalue weighted by Gasteiger charge is -2.33. The van der Waals surface area contributed by atoms with Gasteiger partial charge in [0.25, 0.3) is 0 Å². The van der Waals surface area contributed by atoms with E-state index in [4.69, 9.17) is 16.6 Å². The summed E-state index contributed by atoms with van der Waals surface area (Å²) in [6, 6.07) is 0. The minimum atomic E-state index is -0.765. The van der Waals surface area contributed by atoms with Crippen molar-refractivity contribution in [3.63, 3.8) is 0 Å². The van der Waals surface area contributed by atoms with Crippen molar-refractivity contribution >= 4 is 5.97 Å². The first-order valence-electron chi connectivity index (χ1n) is 4.49. The van der Waals surface area contributed by atoms with Crippen LogP contribution in [0.3, 0.4) is 0 Å². The normalized spacial score (nSPS) is 11.6. The van der Waals surface area contributed by atoms with Gasteiger partial charge in [0.15, 0.2) is 0 Å². The fourth-order valence-electron chi connectivity index (χ4n) is 1.32. The summed E-state index contributed by atoms with van der Waals surface area (Å²) in [6.07, 6.45) is 0.177. The molecule has 0 saturated carbocycles. The number of hydrogen-bond donors (Lipinski definition) is 3. The van der Waals surface area contributed by atoms with Gasteiger partial charge in [-0.1, -0.05) is 0 Å². The van der Waals surface area contributed by atoms with Gasteiger partial charge in [0.05, 0.1) is 33.1 Å². The average Bonchev–Trinajstić information content (AvgIpc) is 2.02. The van der Waals surface area contributed by atoms with Crippen LogP contribution in [0, 0.1) is 0 Å². The van der Waals surface area contributed by atoms with Crippen molar-refractivity contribution < 1.29 is 14.4 Å². The van der Waals surface area contributed by atoms with E-state index >= 15 is 0 Å². The lowest BCUT2D eigenvalue weighted by Crippen LogP contribution is -2.51. The molecule has 0 heterocycles. The second kappa shape index (κ2) is 5.90. The Morgan fingerprint density at radius 3 is 2.00 bits per heavy atom. The summed E-state index contributed by atoms with van der Waals surface area (Å²) in [5.41, 5.74) is 10.9. The molecule has 0 aromatic rings. The third kappa shape index (κ3) is 5.57. The van der Waals surface area contributed by atoms with Crippen LogP contribution in [0.1, 0.15) is 6.42 Å². The Kier molecular flexibility index (Phi) is 5.61. The Morgan fingerprint density at radius 1 is 1.23 bits per heavy atom. The van der Waals surface area contributed by atoms with E-state index in [1.807, 2.05) is 7.05 Å². The summed E-state index contributed by atoms with van der Waals surface area (Å²) in [5, 5.41) is 8.54. The van der Waals surface area contributed by atoms with Gasteiger partial charge in [-0.3, -0.25) is 4.79 Å². The number of aliphatic carboxylic acids is 1. The summed E-state index contributed by atoms with van der Waals surface area (Å²) in [7, 11) is 1.99. The van der Waals surface area contributed by atoms with E-state index in [0.29, 0.717) is 24.1 Å². The van der Waals surface area contributed by atoms with E-state index in [0.717, 1.165) is 13.1 Å². The molecule has 0 saturated heterocycles. The molecule has 5 heteroatoms. The number of carboxylic acid groups (broad SMARTS) is 1. The van der Waals surface area contributed by atoms with Crippen LogP contribution in [0.4, 0.5) is 0 Å². The molecule has 0 radical (unpaired) electrons. The molecule has 0 aliphatic heterocycles. The number of carboxylic acids is 1. The Balaban J connectivity index is 3.98. The Morgan fingerprint density at radius 2 is 1.69 bits per heavy atom. The first kappa shape index (κ1) is 12.3. The second-order valence-electron chi connectivity index (χ2n) is 3.51. The van der Waals surface area contributed by atoms with Crippen molar-refractivity contribution in [1.29, 1.82) is 0 Å². The van der Waals surface area contributed by atoms with Crippen LogP contribution in [0.15, 0.2) is 0 Å². The highest BCUT2D eigenvalue weighted by molar-refractivity contribution is 5.66. The Bertz CT molecular complexity index is 155. The summed E-state index contributed by atoms with van der Waals surface area (Å²) < 4.78 is 0.652. The van der Waals surface area contributed by atoms with Crippen molar-refractivity contribution in [2.45, 2.75) is 6.42 Å². The predicted octanol–water partition coefficient (Wildman–Crippen LogP) is -1.17. The van der Waals surface area contributed by atoms with Gasteiger partial charge < -0.3 is 21.1 Å². The van der Waals surface area contributed by atoms with Gasteiger partial charge in [-0.25, -0.2) is 0 Å². The number of nitrogens with zero attached hydrogens (tertiary/aromatic N) is 1. The summed E-state index contributed by atoms with van der Waals surface area (Å²) >= 11 is 0. The molecule has 78 valence electrons. The minimum Gasteiger partial charge on any atom is -0.481 e. The SMILES string of the molecule is C[N+](CCN)(CCN)CCC(=O)O. The van der Waals surface area contributed by atoms with Crippen LogP contribution in [0.5, 0.6) is 0 Å².